The molecular formula is C17H24N4O6. The van der Waals surface area contributed by atoms with Gasteiger partial charge in [-0.05, 0) is 0 Å². The molecule has 148 valence electrons. The Balaban J connectivity index is 1.68. The number of ether oxygens (including phenoxy) is 3. The van der Waals surface area contributed by atoms with Crippen molar-refractivity contribution in [2.75, 3.05) is 47.5 Å². The predicted octanol–water partition coefficient (Wildman–Crippen LogP) is -0.612. The molecule has 1 aromatic rings. The van der Waals surface area contributed by atoms with Gasteiger partial charge in [-0.2, -0.15) is 5.10 Å². The molecule has 27 heavy (non-hydrogen) atoms. The number of likely N-dealkylation sites (N-methyl/N-ethyl adjacent to an activating group) is 1. The van der Waals surface area contributed by atoms with Crippen molar-refractivity contribution in [2.24, 2.45) is 0 Å². The van der Waals surface area contributed by atoms with Crippen LogP contribution in [0, 0.1) is 0 Å². The smallest absolute Gasteiger partial charge is 0.358 e. The lowest BCUT2D eigenvalue weighted by Gasteiger charge is -2.25. The highest BCUT2D eigenvalue weighted by molar-refractivity contribution is 5.93. The van der Waals surface area contributed by atoms with E-state index >= 15 is 0 Å². The number of carbonyl (C=O) groups excluding carboxylic acids is 3. The summed E-state index contributed by atoms with van der Waals surface area (Å²) < 4.78 is 16.7. The Bertz CT molecular complexity index is 733. The van der Waals surface area contributed by atoms with E-state index in [0.29, 0.717) is 39.2 Å². The number of rotatable bonds is 5. The summed E-state index contributed by atoms with van der Waals surface area (Å²) in [6, 6.07) is 1.38. The molecule has 1 aromatic heterocycles. The highest BCUT2D eigenvalue weighted by Crippen LogP contribution is 2.22. The molecule has 0 spiro atoms. The Morgan fingerprint density at radius 1 is 1.22 bits per heavy atom. The molecule has 2 saturated heterocycles. The molecule has 10 heteroatoms. The molecule has 0 saturated carbocycles. The van der Waals surface area contributed by atoms with Gasteiger partial charge in [-0.3, -0.25) is 14.4 Å². The van der Waals surface area contributed by atoms with E-state index in [4.69, 9.17) is 9.47 Å². The lowest BCUT2D eigenvalue weighted by Crippen LogP contribution is -2.42. The van der Waals surface area contributed by atoms with E-state index in [-0.39, 0.29) is 29.4 Å². The molecule has 0 bridgehead atoms. The third kappa shape index (κ3) is 3.96. The molecule has 0 N–H and O–H groups in total. The van der Waals surface area contributed by atoms with Crippen LogP contribution in [0.2, 0.25) is 0 Å². The maximum atomic E-state index is 12.0. The second-order valence-electron chi connectivity index (χ2n) is 6.61. The minimum atomic E-state index is -0.615. The highest BCUT2D eigenvalue weighted by Gasteiger charge is 2.39. The summed E-state index contributed by atoms with van der Waals surface area (Å²) in [5.74, 6) is -1.10. The van der Waals surface area contributed by atoms with E-state index in [1.807, 2.05) is 7.05 Å². The van der Waals surface area contributed by atoms with Crippen LogP contribution in [0.15, 0.2) is 6.07 Å². The van der Waals surface area contributed by atoms with Crippen LogP contribution in [-0.2, 0) is 25.5 Å². The number of amides is 1. The maximum absolute atomic E-state index is 12.0. The quantitative estimate of drug-likeness (QED) is 0.623. The fraction of sp³-hybridized carbons (Fsp3) is 0.647. The number of nitrogens with zero attached hydrogens (tertiary/aromatic N) is 4. The van der Waals surface area contributed by atoms with E-state index < -0.39 is 11.9 Å². The van der Waals surface area contributed by atoms with Crippen molar-refractivity contribution in [1.29, 1.82) is 0 Å². The summed E-state index contributed by atoms with van der Waals surface area (Å²) in [4.78, 5) is 39.6. The maximum Gasteiger partial charge on any atom is 0.358 e. The molecule has 2 atom stereocenters. The number of hydrogen-bond donors (Lipinski definition) is 0. The summed E-state index contributed by atoms with van der Waals surface area (Å²) in [5.41, 5.74) is 0.244. The van der Waals surface area contributed by atoms with Crippen LogP contribution in [0.1, 0.15) is 27.4 Å². The first-order chi connectivity index (χ1) is 12.9. The fourth-order valence-corrected chi connectivity index (χ4v) is 3.51. The van der Waals surface area contributed by atoms with Gasteiger partial charge in [0.15, 0.2) is 5.69 Å². The number of fused-ring (bicyclic) bond motifs is 1. The summed E-state index contributed by atoms with van der Waals surface area (Å²) in [6.45, 7) is 2.79. The Kier molecular flexibility index (Phi) is 5.76. The van der Waals surface area contributed by atoms with Gasteiger partial charge in [0.2, 0.25) is 5.91 Å². The van der Waals surface area contributed by atoms with E-state index in [1.54, 1.807) is 4.90 Å². The molecule has 0 aromatic carbocycles. The van der Waals surface area contributed by atoms with E-state index in [0.717, 1.165) is 0 Å². The Labute approximate surface area is 156 Å². The van der Waals surface area contributed by atoms with Crippen molar-refractivity contribution in [3.63, 3.8) is 0 Å². The topological polar surface area (TPSA) is 103 Å². The average molecular weight is 380 g/mol. The van der Waals surface area contributed by atoms with Crippen molar-refractivity contribution in [1.82, 2.24) is 19.6 Å². The molecule has 0 radical (unpaired) electrons. The highest BCUT2D eigenvalue weighted by atomic mass is 16.5. The van der Waals surface area contributed by atoms with Crippen molar-refractivity contribution in [3.05, 3.63) is 17.5 Å². The lowest BCUT2D eigenvalue weighted by atomic mass is 10.2. The van der Waals surface area contributed by atoms with Crippen LogP contribution in [0.5, 0.6) is 0 Å². The SMILES string of the molecule is COC(=O)c1cc(C(=O)OC)n(CCN2C[C@@H]3OCCC(=O)N(C)[C@H]3C2)n1. The molecular weight excluding hydrogens is 356 g/mol. The molecule has 0 aliphatic carbocycles. The fourth-order valence-electron chi connectivity index (χ4n) is 3.51. The van der Waals surface area contributed by atoms with E-state index in [2.05, 4.69) is 14.7 Å². The van der Waals surface area contributed by atoms with Gasteiger partial charge in [0.1, 0.15) is 5.69 Å². The number of carbonyl (C=O) groups is 3. The van der Waals surface area contributed by atoms with Gasteiger partial charge in [-0.25, -0.2) is 9.59 Å². The summed E-state index contributed by atoms with van der Waals surface area (Å²) in [6.07, 6.45) is 0.389. The molecule has 0 unspecified atom stereocenters. The number of methoxy groups -OCH3 is 2. The third-order valence-electron chi connectivity index (χ3n) is 5.05. The zero-order valence-corrected chi connectivity index (χ0v) is 15.7. The zero-order valence-electron chi connectivity index (χ0n) is 15.7. The number of aromatic nitrogens is 2. The molecule has 3 heterocycles. The second-order valence-corrected chi connectivity index (χ2v) is 6.61. The van der Waals surface area contributed by atoms with Crippen molar-refractivity contribution < 1.29 is 28.6 Å². The Morgan fingerprint density at radius 3 is 2.67 bits per heavy atom. The third-order valence-corrected chi connectivity index (χ3v) is 5.05. The predicted molar refractivity (Wildman–Crippen MR) is 92.3 cm³/mol. The first-order valence-electron chi connectivity index (χ1n) is 8.78. The van der Waals surface area contributed by atoms with Crippen molar-refractivity contribution in [3.8, 4) is 0 Å². The molecule has 10 nitrogen and oxygen atoms in total. The van der Waals surface area contributed by atoms with E-state index in [9.17, 15) is 14.4 Å². The molecule has 2 aliphatic heterocycles. The summed E-state index contributed by atoms with van der Waals surface area (Å²) in [7, 11) is 4.34. The van der Waals surface area contributed by atoms with Crippen molar-refractivity contribution >= 4 is 17.8 Å². The standard InChI is InChI=1S/C17H24N4O6/c1-19-13-9-20(10-14(13)27-7-4-15(19)22)5-6-21-12(17(24)26-3)8-11(18-21)16(23)25-2/h8,13-14H,4-7,9-10H2,1-3H3/t13-,14-/m0/s1. The number of hydrogen-bond acceptors (Lipinski definition) is 8. The van der Waals surface area contributed by atoms with Gasteiger partial charge in [0.05, 0.1) is 45.9 Å². The van der Waals surface area contributed by atoms with Crippen LogP contribution in [0.3, 0.4) is 0 Å². The van der Waals surface area contributed by atoms with Gasteiger partial charge >= 0.3 is 11.9 Å². The van der Waals surface area contributed by atoms with Gasteiger partial charge in [0, 0.05) is 32.7 Å². The average Bonchev–Trinajstić information content (AvgIpc) is 3.25. The van der Waals surface area contributed by atoms with Gasteiger partial charge in [0.25, 0.3) is 0 Å². The molecule has 2 fully saturated rings. The minimum Gasteiger partial charge on any atom is -0.464 e. The largest absolute Gasteiger partial charge is 0.464 e. The van der Waals surface area contributed by atoms with Crippen LogP contribution in [0.4, 0.5) is 0 Å². The number of likely N-dealkylation sites (tertiary alicyclic amines) is 1. The van der Waals surface area contributed by atoms with Crippen LogP contribution in [-0.4, -0.2) is 97.1 Å². The second kappa shape index (κ2) is 8.05. The Hall–Kier alpha value is -2.46. The number of esters is 2. The lowest BCUT2D eigenvalue weighted by molar-refractivity contribution is -0.131. The van der Waals surface area contributed by atoms with Crippen LogP contribution >= 0.6 is 0 Å². The monoisotopic (exact) mass is 380 g/mol. The minimum absolute atomic E-state index is 0.0170. The normalized spacial score (nSPS) is 23.1. The zero-order chi connectivity index (χ0) is 19.6. The van der Waals surface area contributed by atoms with Gasteiger partial charge in [-0.1, -0.05) is 0 Å². The molecule has 1 amide bonds. The molecule has 2 aliphatic rings. The first-order valence-corrected chi connectivity index (χ1v) is 8.78. The van der Waals surface area contributed by atoms with E-state index in [1.165, 1.54) is 25.0 Å². The first kappa shape index (κ1) is 19.3. The van der Waals surface area contributed by atoms with Crippen molar-refractivity contribution in [2.45, 2.75) is 25.1 Å². The summed E-state index contributed by atoms with van der Waals surface area (Å²) in [5, 5.41) is 4.16. The van der Waals surface area contributed by atoms with Gasteiger partial charge < -0.3 is 19.1 Å². The summed E-state index contributed by atoms with van der Waals surface area (Å²) >= 11 is 0. The molecule has 3 rings (SSSR count). The Morgan fingerprint density at radius 2 is 1.96 bits per heavy atom. The van der Waals surface area contributed by atoms with Crippen LogP contribution < -0.4 is 0 Å². The van der Waals surface area contributed by atoms with Gasteiger partial charge in [-0.15, -0.1) is 0 Å². The van der Waals surface area contributed by atoms with Crippen LogP contribution in [0.25, 0.3) is 0 Å².